The molecule has 0 aliphatic rings. The van der Waals surface area contributed by atoms with Crippen molar-refractivity contribution in [3.63, 3.8) is 0 Å². The van der Waals surface area contributed by atoms with Gasteiger partial charge in [-0.1, -0.05) is 115 Å². The Morgan fingerprint density at radius 2 is 1.07 bits per heavy atom. The van der Waals surface area contributed by atoms with Gasteiger partial charge in [0.05, 0.1) is 16.8 Å². The average molecular weight is 512 g/mol. The molecule has 0 saturated heterocycles. The van der Waals surface area contributed by atoms with E-state index >= 15 is 0 Å². The van der Waals surface area contributed by atoms with E-state index in [0.717, 1.165) is 44.4 Å². The fraction of sp³-hybridized carbons (Fsp3) is 0. The van der Waals surface area contributed by atoms with Gasteiger partial charge >= 0.3 is 0 Å². The van der Waals surface area contributed by atoms with Gasteiger partial charge in [0.15, 0.2) is 0 Å². The summed E-state index contributed by atoms with van der Waals surface area (Å²) in [7, 11) is 0. The standard InChI is InChI=1S/C38H25NO/c1-2-11-26(12-3-1)29-16-8-17-30(25-29)39(34-20-9-15-27-13-4-6-18-31(27)34)35-21-10-22-36-37(35)33-24-23-28-14-5-7-19-32(28)38(33)40-36/h1-25H. The van der Waals surface area contributed by atoms with E-state index in [0.29, 0.717) is 0 Å². The van der Waals surface area contributed by atoms with Gasteiger partial charge in [0.25, 0.3) is 0 Å². The zero-order valence-electron chi connectivity index (χ0n) is 21.8. The molecular weight excluding hydrogens is 486 g/mol. The summed E-state index contributed by atoms with van der Waals surface area (Å²) in [4.78, 5) is 2.39. The van der Waals surface area contributed by atoms with Crippen LogP contribution in [0.1, 0.15) is 0 Å². The second-order valence-corrected chi connectivity index (χ2v) is 10.2. The lowest BCUT2D eigenvalue weighted by atomic mass is 10.0. The molecule has 0 unspecified atom stereocenters. The van der Waals surface area contributed by atoms with Crippen molar-refractivity contribution in [2.24, 2.45) is 0 Å². The summed E-state index contributed by atoms with van der Waals surface area (Å²) in [5.74, 6) is 0. The molecule has 2 nitrogen and oxygen atoms in total. The summed E-state index contributed by atoms with van der Waals surface area (Å²) < 4.78 is 6.58. The Bertz CT molecular complexity index is 2170. The van der Waals surface area contributed by atoms with Gasteiger partial charge in [-0.3, -0.25) is 0 Å². The van der Waals surface area contributed by atoms with E-state index < -0.39 is 0 Å². The number of hydrogen-bond acceptors (Lipinski definition) is 2. The monoisotopic (exact) mass is 511 g/mol. The molecule has 0 N–H and O–H groups in total. The van der Waals surface area contributed by atoms with Crippen molar-refractivity contribution in [2.75, 3.05) is 4.90 Å². The summed E-state index contributed by atoms with van der Waals surface area (Å²) in [6.07, 6.45) is 0. The number of furan rings is 1. The van der Waals surface area contributed by atoms with E-state index in [2.05, 4.69) is 157 Å². The minimum Gasteiger partial charge on any atom is -0.455 e. The highest BCUT2D eigenvalue weighted by Gasteiger charge is 2.21. The van der Waals surface area contributed by atoms with Crippen molar-refractivity contribution in [1.29, 1.82) is 0 Å². The molecule has 0 radical (unpaired) electrons. The lowest BCUT2D eigenvalue weighted by Crippen LogP contribution is -2.11. The van der Waals surface area contributed by atoms with Gasteiger partial charge in [-0.2, -0.15) is 0 Å². The number of fused-ring (bicyclic) bond motifs is 6. The summed E-state index contributed by atoms with van der Waals surface area (Å²) >= 11 is 0. The number of anilines is 3. The van der Waals surface area contributed by atoms with Crippen LogP contribution >= 0.6 is 0 Å². The first-order valence-corrected chi connectivity index (χ1v) is 13.6. The quantitative estimate of drug-likeness (QED) is 0.234. The maximum Gasteiger partial charge on any atom is 0.143 e. The molecular formula is C38H25NO. The lowest BCUT2D eigenvalue weighted by Gasteiger charge is -2.28. The van der Waals surface area contributed by atoms with Crippen LogP contribution in [0.25, 0.3) is 54.6 Å². The topological polar surface area (TPSA) is 16.4 Å². The van der Waals surface area contributed by atoms with Crippen LogP contribution in [-0.2, 0) is 0 Å². The molecule has 1 heterocycles. The predicted octanol–water partition coefficient (Wildman–Crippen LogP) is 11.0. The summed E-state index contributed by atoms with van der Waals surface area (Å²) in [6.45, 7) is 0. The van der Waals surface area contributed by atoms with E-state index in [1.54, 1.807) is 0 Å². The summed E-state index contributed by atoms with van der Waals surface area (Å²) in [6, 6.07) is 53.7. The van der Waals surface area contributed by atoms with Crippen LogP contribution in [0.15, 0.2) is 156 Å². The molecule has 0 atom stereocenters. The van der Waals surface area contributed by atoms with E-state index in [4.69, 9.17) is 4.42 Å². The predicted molar refractivity (Wildman–Crippen MR) is 169 cm³/mol. The molecule has 8 aromatic rings. The van der Waals surface area contributed by atoms with Crippen LogP contribution in [0.5, 0.6) is 0 Å². The first-order chi connectivity index (χ1) is 19.8. The highest BCUT2D eigenvalue weighted by Crippen LogP contribution is 2.46. The van der Waals surface area contributed by atoms with Gasteiger partial charge < -0.3 is 9.32 Å². The molecule has 2 heteroatoms. The molecule has 1 aromatic heterocycles. The summed E-state index contributed by atoms with van der Waals surface area (Å²) in [5.41, 5.74) is 7.50. The molecule has 7 aromatic carbocycles. The van der Waals surface area contributed by atoms with Crippen molar-refractivity contribution in [1.82, 2.24) is 0 Å². The molecule has 188 valence electrons. The first-order valence-electron chi connectivity index (χ1n) is 13.6. The second kappa shape index (κ2) is 9.14. The van der Waals surface area contributed by atoms with Crippen molar-refractivity contribution in [2.45, 2.75) is 0 Å². The fourth-order valence-corrected chi connectivity index (χ4v) is 5.99. The third-order valence-corrected chi connectivity index (χ3v) is 7.83. The van der Waals surface area contributed by atoms with Gasteiger partial charge in [-0.25, -0.2) is 0 Å². The van der Waals surface area contributed by atoms with Crippen molar-refractivity contribution >= 4 is 60.5 Å². The van der Waals surface area contributed by atoms with Crippen LogP contribution in [0.4, 0.5) is 17.1 Å². The lowest BCUT2D eigenvalue weighted by molar-refractivity contribution is 0.672. The highest BCUT2D eigenvalue weighted by molar-refractivity contribution is 6.20. The normalized spacial score (nSPS) is 11.5. The van der Waals surface area contributed by atoms with Crippen LogP contribution in [-0.4, -0.2) is 0 Å². The van der Waals surface area contributed by atoms with Crippen LogP contribution in [0.3, 0.4) is 0 Å². The zero-order chi connectivity index (χ0) is 26.5. The Morgan fingerprint density at radius 3 is 1.95 bits per heavy atom. The molecule has 0 aliphatic heterocycles. The Hall–Kier alpha value is -5.34. The molecule has 0 spiro atoms. The van der Waals surface area contributed by atoms with E-state index in [1.807, 2.05) is 0 Å². The van der Waals surface area contributed by atoms with E-state index in [1.165, 1.54) is 27.3 Å². The Morgan fingerprint density at radius 1 is 0.425 bits per heavy atom. The second-order valence-electron chi connectivity index (χ2n) is 10.2. The molecule has 40 heavy (non-hydrogen) atoms. The van der Waals surface area contributed by atoms with E-state index in [-0.39, 0.29) is 0 Å². The van der Waals surface area contributed by atoms with Crippen molar-refractivity contribution in [3.8, 4) is 11.1 Å². The third kappa shape index (κ3) is 3.58. The maximum atomic E-state index is 6.58. The van der Waals surface area contributed by atoms with Crippen molar-refractivity contribution in [3.05, 3.63) is 152 Å². The fourth-order valence-electron chi connectivity index (χ4n) is 5.99. The summed E-state index contributed by atoms with van der Waals surface area (Å²) in [5, 5.41) is 6.95. The number of hydrogen-bond donors (Lipinski definition) is 0. The molecule has 0 aliphatic carbocycles. The van der Waals surface area contributed by atoms with Crippen LogP contribution in [0.2, 0.25) is 0 Å². The molecule has 0 bridgehead atoms. The van der Waals surface area contributed by atoms with Gasteiger partial charge in [-0.05, 0) is 58.3 Å². The highest BCUT2D eigenvalue weighted by atomic mass is 16.3. The van der Waals surface area contributed by atoms with Crippen LogP contribution < -0.4 is 4.90 Å². The minimum absolute atomic E-state index is 0.883. The molecule has 0 fully saturated rings. The SMILES string of the molecule is c1ccc(-c2cccc(N(c3cccc4ccccc34)c3cccc4oc5c6ccccc6ccc5c34)c2)cc1. The number of rotatable bonds is 4. The Kier molecular flexibility index (Phi) is 5.17. The number of benzene rings is 7. The first kappa shape index (κ1) is 22.6. The molecule has 0 saturated carbocycles. The Labute approximate surface area is 232 Å². The largest absolute Gasteiger partial charge is 0.455 e. The Balaban J connectivity index is 1.45. The van der Waals surface area contributed by atoms with Gasteiger partial charge in [-0.15, -0.1) is 0 Å². The third-order valence-electron chi connectivity index (χ3n) is 7.83. The molecule has 8 rings (SSSR count). The average Bonchev–Trinajstić information content (AvgIpc) is 3.42. The van der Waals surface area contributed by atoms with Gasteiger partial charge in [0.2, 0.25) is 0 Å². The smallest absolute Gasteiger partial charge is 0.143 e. The van der Waals surface area contributed by atoms with Crippen LogP contribution in [0, 0.1) is 0 Å². The number of nitrogens with zero attached hydrogens (tertiary/aromatic N) is 1. The van der Waals surface area contributed by atoms with Gasteiger partial charge in [0.1, 0.15) is 11.2 Å². The van der Waals surface area contributed by atoms with Crippen molar-refractivity contribution < 1.29 is 4.42 Å². The zero-order valence-corrected chi connectivity index (χ0v) is 21.8. The van der Waals surface area contributed by atoms with E-state index in [9.17, 15) is 0 Å². The maximum absolute atomic E-state index is 6.58. The minimum atomic E-state index is 0.883. The van der Waals surface area contributed by atoms with Gasteiger partial charge in [0, 0.05) is 21.8 Å². The molecule has 0 amide bonds.